The van der Waals surface area contributed by atoms with Gasteiger partial charge >= 0.3 is 0 Å². The predicted molar refractivity (Wildman–Crippen MR) is 58.7 cm³/mol. The second-order valence-corrected chi connectivity index (χ2v) is 2.63. The highest BCUT2D eigenvalue weighted by atomic mass is 35.5. The second-order valence-electron chi connectivity index (χ2n) is 2.63. The standard InChI is InChI=1S/C7H14N4O.2ClH/c8-3-1-2-4-11-5-7(6-12)9-10-11;;/h5,12H,1-4,6,8H2;2*1H. The van der Waals surface area contributed by atoms with Gasteiger partial charge < -0.3 is 10.8 Å². The van der Waals surface area contributed by atoms with Gasteiger partial charge in [-0.2, -0.15) is 0 Å². The third-order valence-corrected chi connectivity index (χ3v) is 1.59. The molecular formula is C7H16Cl2N4O. The maximum Gasteiger partial charge on any atom is 0.108 e. The molecular weight excluding hydrogens is 227 g/mol. The first-order valence-corrected chi connectivity index (χ1v) is 4.06. The maximum atomic E-state index is 8.69. The summed E-state index contributed by atoms with van der Waals surface area (Å²) in [6.45, 7) is 1.49. The first-order chi connectivity index (χ1) is 5.86. The topological polar surface area (TPSA) is 77.0 Å². The number of halogens is 2. The van der Waals surface area contributed by atoms with Crippen LogP contribution in [-0.2, 0) is 13.2 Å². The zero-order valence-electron chi connectivity index (χ0n) is 7.80. The highest BCUT2D eigenvalue weighted by Gasteiger charge is 1.97. The largest absolute Gasteiger partial charge is 0.390 e. The molecule has 1 aromatic heterocycles. The van der Waals surface area contributed by atoms with Gasteiger partial charge in [0, 0.05) is 6.54 Å². The van der Waals surface area contributed by atoms with Crippen molar-refractivity contribution in [3.63, 3.8) is 0 Å². The number of unbranched alkanes of at least 4 members (excludes halogenated alkanes) is 1. The molecule has 1 aromatic rings. The van der Waals surface area contributed by atoms with Gasteiger partial charge in [0.2, 0.25) is 0 Å². The molecule has 0 atom stereocenters. The van der Waals surface area contributed by atoms with Crippen molar-refractivity contribution in [3.05, 3.63) is 11.9 Å². The summed E-state index contributed by atoms with van der Waals surface area (Å²) in [5.74, 6) is 0. The minimum atomic E-state index is -0.0448. The smallest absolute Gasteiger partial charge is 0.108 e. The van der Waals surface area contributed by atoms with E-state index in [-0.39, 0.29) is 31.4 Å². The summed E-state index contributed by atoms with van der Waals surface area (Å²) < 4.78 is 1.72. The van der Waals surface area contributed by atoms with E-state index in [4.69, 9.17) is 10.8 Å². The third kappa shape index (κ3) is 5.39. The van der Waals surface area contributed by atoms with Crippen LogP contribution in [-0.4, -0.2) is 26.6 Å². The lowest BCUT2D eigenvalue weighted by Gasteiger charge is -1.96. The van der Waals surface area contributed by atoms with E-state index in [9.17, 15) is 0 Å². The molecule has 7 heteroatoms. The van der Waals surface area contributed by atoms with Crippen LogP contribution in [0.1, 0.15) is 18.5 Å². The molecule has 0 fully saturated rings. The van der Waals surface area contributed by atoms with Crippen molar-refractivity contribution in [3.8, 4) is 0 Å². The van der Waals surface area contributed by atoms with E-state index in [0.717, 1.165) is 19.4 Å². The molecule has 14 heavy (non-hydrogen) atoms. The number of aliphatic hydroxyl groups excluding tert-OH is 1. The minimum Gasteiger partial charge on any atom is -0.390 e. The molecule has 84 valence electrons. The lowest BCUT2D eigenvalue weighted by Crippen LogP contribution is -2.03. The molecule has 5 nitrogen and oxygen atoms in total. The fraction of sp³-hybridized carbons (Fsp3) is 0.714. The first kappa shape index (κ1) is 16.1. The van der Waals surface area contributed by atoms with E-state index in [1.54, 1.807) is 10.9 Å². The maximum absolute atomic E-state index is 8.69. The van der Waals surface area contributed by atoms with Crippen LogP contribution in [0.15, 0.2) is 6.20 Å². The molecule has 0 aliphatic rings. The number of nitrogens with zero attached hydrogens (tertiary/aromatic N) is 3. The highest BCUT2D eigenvalue weighted by molar-refractivity contribution is 5.85. The summed E-state index contributed by atoms with van der Waals surface area (Å²) in [5, 5.41) is 16.3. The fourth-order valence-electron chi connectivity index (χ4n) is 0.938. The SMILES string of the molecule is Cl.Cl.NCCCCn1cc(CO)nn1. The number of rotatable bonds is 5. The average molecular weight is 243 g/mol. The number of aliphatic hydroxyl groups is 1. The number of aromatic nitrogens is 3. The highest BCUT2D eigenvalue weighted by Crippen LogP contribution is 1.95. The Bertz CT molecular complexity index is 231. The van der Waals surface area contributed by atoms with E-state index >= 15 is 0 Å². The molecule has 0 radical (unpaired) electrons. The van der Waals surface area contributed by atoms with Gasteiger partial charge in [-0.1, -0.05) is 5.21 Å². The van der Waals surface area contributed by atoms with Gasteiger partial charge in [-0.25, -0.2) is 0 Å². The molecule has 1 rings (SSSR count). The summed E-state index contributed by atoms with van der Waals surface area (Å²) >= 11 is 0. The predicted octanol–water partition coefficient (Wildman–Crippen LogP) is 0.353. The van der Waals surface area contributed by atoms with Crippen LogP contribution in [0, 0.1) is 0 Å². The Kier molecular flexibility index (Phi) is 10.6. The van der Waals surface area contributed by atoms with Crippen LogP contribution in [0.5, 0.6) is 0 Å². The Morgan fingerprint density at radius 1 is 1.36 bits per heavy atom. The lowest BCUT2D eigenvalue weighted by molar-refractivity contribution is 0.276. The van der Waals surface area contributed by atoms with Crippen molar-refractivity contribution in [1.29, 1.82) is 0 Å². The Balaban J connectivity index is 0. The van der Waals surface area contributed by atoms with Crippen LogP contribution < -0.4 is 5.73 Å². The van der Waals surface area contributed by atoms with Crippen molar-refractivity contribution in [2.75, 3.05) is 6.54 Å². The van der Waals surface area contributed by atoms with Crippen LogP contribution in [0.3, 0.4) is 0 Å². The lowest BCUT2D eigenvalue weighted by atomic mass is 10.3. The van der Waals surface area contributed by atoms with Gasteiger partial charge in [0.1, 0.15) is 5.69 Å². The van der Waals surface area contributed by atoms with Crippen LogP contribution in [0.2, 0.25) is 0 Å². The normalized spacial score (nSPS) is 9.00. The van der Waals surface area contributed by atoms with Crippen molar-refractivity contribution < 1.29 is 5.11 Å². The summed E-state index contributed by atoms with van der Waals surface area (Å²) in [7, 11) is 0. The minimum absolute atomic E-state index is 0. The van der Waals surface area contributed by atoms with E-state index in [1.165, 1.54) is 0 Å². The summed E-state index contributed by atoms with van der Waals surface area (Å²) in [6.07, 6.45) is 3.75. The van der Waals surface area contributed by atoms with Crippen LogP contribution in [0.4, 0.5) is 0 Å². The van der Waals surface area contributed by atoms with Crippen LogP contribution in [0.25, 0.3) is 0 Å². The van der Waals surface area contributed by atoms with E-state index < -0.39 is 0 Å². The molecule has 0 aliphatic heterocycles. The summed E-state index contributed by atoms with van der Waals surface area (Å²) in [6, 6.07) is 0. The van der Waals surface area contributed by atoms with Gasteiger partial charge in [-0.15, -0.1) is 29.9 Å². The van der Waals surface area contributed by atoms with E-state index in [0.29, 0.717) is 12.2 Å². The Hall–Kier alpha value is -0.360. The van der Waals surface area contributed by atoms with E-state index in [2.05, 4.69) is 10.3 Å². The molecule has 0 spiro atoms. The second kappa shape index (κ2) is 9.21. The molecule has 0 aliphatic carbocycles. The molecule has 0 bridgehead atoms. The van der Waals surface area contributed by atoms with E-state index in [1.807, 2.05) is 0 Å². The molecule has 0 amide bonds. The number of aryl methyl sites for hydroxylation is 1. The van der Waals surface area contributed by atoms with Gasteiger partial charge in [0.15, 0.2) is 0 Å². The molecule has 0 unspecified atom stereocenters. The van der Waals surface area contributed by atoms with Crippen molar-refractivity contribution >= 4 is 24.8 Å². The third-order valence-electron chi connectivity index (χ3n) is 1.59. The number of nitrogens with two attached hydrogens (primary N) is 1. The summed E-state index contributed by atoms with van der Waals surface area (Å²) in [4.78, 5) is 0. The molecule has 0 saturated carbocycles. The number of hydrogen-bond donors (Lipinski definition) is 2. The molecule has 0 aromatic carbocycles. The average Bonchev–Trinajstić information content (AvgIpc) is 2.53. The van der Waals surface area contributed by atoms with Crippen molar-refractivity contribution in [2.24, 2.45) is 5.73 Å². The van der Waals surface area contributed by atoms with Crippen LogP contribution >= 0.6 is 24.8 Å². The van der Waals surface area contributed by atoms with Gasteiger partial charge in [-0.3, -0.25) is 4.68 Å². The van der Waals surface area contributed by atoms with Gasteiger partial charge in [-0.05, 0) is 19.4 Å². The fourth-order valence-corrected chi connectivity index (χ4v) is 0.938. The molecule has 1 heterocycles. The summed E-state index contributed by atoms with van der Waals surface area (Å²) in [5.41, 5.74) is 5.95. The molecule has 3 N–H and O–H groups in total. The van der Waals surface area contributed by atoms with Crippen molar-refractivity contribution in [1.82, 2.24) is 15.0 Å². The number of hydrogen-bond acceptors (Lipinski definition) is 4. The Labute approximate surface area is 95.5 Å². The zero-order chi connectivity index (χ0) is 8.81. The van der Waals surface area contributed by atoms with Crippen molar-refractivity contribution in [2.45, 2.75) is 26.0 Å². The van der Waals surface area contributed by atoms with Gasteiger partial charge in [0.05, 0.1) is 12.8 Å². The first-order valence-electron chi connectivity index (χ1n) is 4.06. The zero-order valence-corrected chi connectivity index (χ0v) is 9.43. The monoisotopic (exact) mass is 242 g/mol. The Morgan fingerprint density at radius 3 is 2.57 bits per heavy atom. The van der Waals surface area contributed by atoms with Gasteiger partial charge in [0.25, 0.3) is 0 Å². The molecule has 0 saturated heterocycles. The Morgan fingerprint density at radius 2 is 2.07 bits per heavy atom. The quantitative estimate of drug-likeness (QED) is 0.731.